The summed E-state index contributed by atoms with van der Waals surface area (Å²) < 4.78 is 50.1. The molecular formula is C22H19F4N5O5. The zero-order chi connectivity index (χ0) is 26.7. The van der Waals surface area contributed by atoms with Crippen LogP contribution in [0.5, 0.6) is 0 Å². The molecule has 2 fully saturated rings. The highest BCUT2D eigenvalue weighted by Gasteiger charge is 2.56. The number of halogens is 4. The Balaban J connectivity index is 0.000000658. The Labute approximate surface area is 201 Å². The van der Waals surface area contributed by atoms with E-state index in [0.29, 0.717) is 30.9 Å². The van der Waals surface area contributed by atoms with Crippen LogP contribution in [0.4, 0.5) is 34.9 Å². The lowest BCUT2D eigenvalue weighted by atomic mass is 9.83. The van der Waals surface area contributed by atoms with Crippen LogP contribution >= 0.6 is 0 Å². The third-order valence-corrected chi connectivity index (χ3v) is 5.70. The number of alkyl halides is 4. The molecule has 14 heteroatoms. The van der Waals surface area contributed by atoms with Crippen LogP contribution in [0.1, 0.15) is 35.2 Å². The first-order chi connectivity index (χ1) is 16.9. The van der Waals surface area contributed by atoms with Crippen LogP contribution in [0, 0.1) is 22.7 Å². The molecule has 2 aromatic heterocycles. The van der Waals surface area contributed by atoms with E-state index in [0.717, 1.165) is 12.8 Å². The molecule has 1 atom stereocenters. The maximum Gasteiger partial charge on any atom is 0.417 e. The highest BCUT2D eigenvalue weighted by molar-refractivity contribution is 6.02. The summed E-state index contributed by atoms with van der Waals surface area (Å²) in [6.45, 7) is -0.921. The number of rotatable bonds is 6. The molecule has 0 spiro atoms. The van der Waals surface area contributed by atoms with Crippen LogP contribution in [0.2, 0.25) is 0 Å². The second kappa shape index (κ2) is 10.1. The van der Waals surface area contributed by atoms with Gasteiger partial charge in [0.25, 0.3) is 0 Å². The molecule has 36 heavy (non-hydrogen) atoms. The fraction of sp³-hybridized carbons (Fsp3) is 0.364. The van der Waals surface area contributed by atoms with Crippen LogP contribution in [-0.2, 0) is 15.8 Å². The van der Waals surface area contributed by atoms with Gasteiger partial charge in [-0.3, -0.25) is 4.79 Å². The van der Waals surface area contributed by atoms with Crippen molar-refractivity contribution in [2.75, 3.05) is 23.4 Å². The van der Waals surface area contributed by atoms with Crippen molar-refractivity contribution in [2.45, 2.75) is 25.4 Å². The number of carbonyl (C=O) groups excluding carboxylic acids is 1. The zero-order valence-electron chi connectivity index (χ0n) is 18.4. The molecular weight excluding hydrogens is 490 g/mol. The molecule has 0 unspecified atom stereocenters. The van der Waals surface area contributed by atoms with E-state index >= 15 is 0 Å². The molecule has 0 bridgehead atoms. The lowest BCUT2D eigenvalue weighted by Crippen LogP contribution is -2.35. The molecule has 4 rings (SSSR count). The molecule has 10 nitrogen and oxygen atoms in total. The Hall–Kier alpha value is -4.28. The summed E-state index contributed by atoms with van der Waals surface area (Å²) in [5.41, 5.74) is -2.87. The summed E-state index contributed by atoms with van der Waals surface area (Å²) in [7, 11) is 0. The van der Waals surface area contributed by atoms with Crippen LogP contribution in [0.15, 0.2) is 30.6 Å². The van der Waals surface area contributed by atoms with E-state index in [1.807, 2.05) is 0 Å². The highest BCUT2D eigenvalue weighted by atomic mass is 19.4. The first-order valence-electron chi connectivity index (χ1n) is 10.5. The molecule has 3 N–H and O–H groups in total. The average molecular weight is 509 g/mol. The number of carboxylic acids is 2. The summed E-state index contributed by atoms with van der Waals surface area (Å²) in [5, 5.41) is 28.5. The summed E-state index contributed by atoms with van der Waals surface area (Å²) in [4.78, 5) is 42.2. The van der Waals surface area contributed by atoms with Crippen LogP contribution in [0.3, 0.4) is 0 Å². The molecule has 2 aliphatic rings. The Morgan fingerprint density at radius 2 is 1.86 bits per heavy atom. The van der Waals surface area contributed by atoms with Gasteiger partial charge in [-0.05, 0) is 37.3 Å². The number of hydrogen-bond acceptors (Lipinski definition) is 7. The van der Waals surface area contributed by atoms with E-state index in [9.17, 15) is 32.4 Å². The number of hydrogen-bond donors (Lipinski definition) is 3. The minimum absolute atomic E-state index is 0.0622. The molecule has 1 saturated heterocycles. The first kappa shape index (κ1) is 26.3. The number of carboxylic acid groups (broad SMARTS) is 2. The maximum atomic E-state index is 13.2. The standard InChI is InChI=1S/C20H16F3N5O3.C2H3FO2/c21-20(22,23)14-8-16(26-9-13(14)17(29)30)27-15-7-12(3-5-25-15)28-6-4-19(10-24,18(28)31)11-1-2-11;3-1-2(4)5/h3,5,7-9,11H,1-2,4,6H2,(H,29,30)(H,25,26,27);1H2,(H,4,5)/t19-;/m1./s1. The topological polar surface area (TPSA) is 157 Å². The number of aliphatic carboxylic acids is 1. The smallest absolute Gasteiger partial charge is 0.417 e. The van der Waals surface area contributed by atoms with Crippen LogP contribution in [0.25, 0.3) is 0 Å². The van der Waals surface area contributed by atoms with Gasteiger partial charge in [0.15, 0.2) is 6.67 Å². The van der Waals surface area contributed by atoms with Crippen molar-refractivity contribution in [3.8, 4) is 6.07 Å². The van der Waals surface area contributed by atoms with Gasteiger partial charge in [-0.2, -0.15) is 18.4 Å². The number of nitriles is 1. The monoisotopic (exact) mass is 509 g/mol. The van der Waals surface area contributed by atoms with Gasteiger partial charge in [0.2, 0.25) is 5.91 Å². The predicted octanol–water partition coefficient (Wildman–Crippen LogP) is 3.63. The lowest BCUT2D eigenvalue weighted by Gasteiger charge is -2.21. The number of carbonyl (C=O) groups is 3. The minimum atomic E-state index is -4.88. The van der Waals surface area contributed by atoms with Gasteiger partial charge in [0.1, 0.15) is 17.1 Å². The zero-order valence-corrected chi connectivity index (χ0v) is 18.4. The predicted molar refractivity (Wildman–Crippen MR) is 115 cm³/mol. The fourth-order valence-electron chi connectivity index (χ4n) is 3.85. The number of pyridine rings is 2. The fourth-order valence-corrected chi connectivity index (χ4v) is 3.85. The third-order valence-electron chi connectivity index (χ3n) is 5.70. The number of aromatic nitrogens is 2. The number of aromatic carboxylic acids is 1. The Kier molecular flexibility index (Phi) is 7.42. The molecule has 1 aliphatic carbocycles. The Morgan fingerprint density at radius 3 is 2.39 bits per heavy atom. The Morgan fingerprint density at radius 1 is 1.22 bits per heavy atom. The van der Waals surface area contributed by atoms with E-state index in [2.05, 4.69) is 21.4 Å². The summed E-state index contributed by atoms with van der Waals surface area (Å²) in [6.07, 6.45) is -0.770. The number of amides is 1. The molecule has 1 amide bonds. The largest absolute Gasteiger partial charge is 0.479 e. The SMILES string of the molecule is N#C[C@@]1(C2CC2)CCN(c2ccnc(Nc3cc(C(F)(F)F)c(C(=O)O)cn3)c2)C1=O.O=C(O)CF. The summed E-state index contributed by atoms with van der Waals surface area (Å²) in [6, 6.07) is 5.83. The van der Waals surface area contributed by atoms with Crippen molar-refractivity contribution in [2.24, 2.45) is 11.3 Å². The second-order valence-electron chi connectivity index (χ2n) is 8.03. The van der Waals surface area contributed by atoms with Gasteiger partial charge in [-0.25, -0.2) is 23.9 Å². The summed E-state index contributed by atoms with van der Waals surface area (Å²) >= 11 is 0. The first-order valence-corrected chi connectivity index (χ1v) is 10.5. The number of anilines is 3. The third kappa shape index (κ3) is 5.51. The van der Waals surface area contributed by atoms with Crippen molar-refractivity contribution < 1.29 is 42.2 Å². The van der Waals surface area contributed by atoms with Gasteiger partial charge >= 0.3 is 18.1 Å². The molecule has 1 saturated carbocycles. The molecule has 190 valence electrons. The van der Waals surface area contributed by atoms with Crippen LogP contribution in [-0.4, -0.2) is 51.2 Å². The highest BCUT2D eigenvalue weighted by Crippen LogP contribution is 2.52. The average Bonchev–Trinajstić information content (AvgIpc) is 3.62. The van der Waals surface area contributed by atoms with Crippen molar-refractivity contribution >= 4 is 35.2 Å². The van der Waals surface area contributed by atoms with Gasteiger partial charge in [-0.1, -0.05) is 0 Å². The minimum Gasteiger partial charge on any atom is -0.479 e. The molecule has 2 aromatic rings. The molecule has 0 radical (unpaired) electrons. The van der Waals surface area contributed by atoms with Crippen LogP contribution < -0.4 is 10.2 Å². The van der Waals surface area contributed by atoms with Gasteiger partial charge in [0, 0.05) is 30.7 Å². The van der Waals surface area contributed by atoms with Crippen molar-refractivity contribution in [3.05, 3.63) is 41.7 Å². The van der Waals surface area contributed by atoms with Gasteiger partial charge in [0.05, 0.1) is 17.2 Å². The lowest BCUT2D eigenvalue weighted by molar-refractivity contribution is -0.138. The van der Waals surface area contributed by atoms with Crippen molar-refractivity contribution in [3.63, 3.8) is 0 Å². The second-order valence-corrected chi connectivity index (χ2v) is 8.03. The quantitative estimate of drug-likeness (QED) is 0.495. The summed E-state index contributed by atoms with van der Waals surface area (Å²) in [5.74, 6) is -3.50. The van der Waals surface area contributed by atoms with Gasteiger partial charge < -0.3 is 20.4 Å². The normalized spacial score (nSPS) is 19.2. The molecule has 3 heterocycles. The molecule has 0 aromatic carbocycles. The van der Waals surface area contributed by atoms with Crippen molar-refractivity contribution in [1.29, 1.82) is 5.26 Å². The molecule has 1 aliphatic heterocycles. The maximum absolute atomic E-state index is 13.2. The van der Waals surface area contributed by atoms with Gasteiger partial charge in [-0.15, -0.1) is 0 Å². The Bertz CT molecular complexity index is 1230. The van der Waals surface area contributed by atoms with E-state index in [4.69, 9.17) is 15.0 Å². The van der Waals surface area contributed by atoms with E-state index < -0.39 is 41.3 Å². The van der Waals surface area contributed by atoms with E-state index in [1.165, 1.54) is 17.2 Å². The number of nitrogens with zero attached hydrogens (tertiary/aromatic N) is 4. The van der Waals surface area contributed by atoms with Crippen molar-refractivity contribution in [1.82, 2.24) is 9.97 Å². The van der Waals surface area contributed by atoms with E-state index in [-0.39, 0.29) is 23.5 Å². The number of nitrogens with one attached hydrogen (secondary N) is 1. The van der Waals surface area contributed by atoms with E-state index in [1.54, 1.807) is 6.07 Å².